The Hall–Kier alpha value is -1.39. The van der Waals surface area contributed by atoms with Crippen molar-refractivity contribution in [2.45, 2.75) is 6.18 Å². The van der Waals surface area contributed by atoms with E-state index >= 15 is 0 Å². The minimum atomic E-state index is -4.39. The molecular formula is C14H25F3N4O3. The maximum atomic E-state index is 12.3. The molecule has 24 heavy (non-hydrogen) atoms. The molecule has 0 aromatic rings. The molecule has 0 aliphatic carbocycles. The second-order valence-corrected chi connectivity index (χ2v) is 5.76. The van der Waals surface area contributed by atoms with E-state index in [0.717, 1.165) is 7.05 Å². The second-order valence-electron chi connectivity index (χ2n) is 5.76. The van der Waals surface area contributed by atoms with Crippen LogP contribution in [0.4, 0.5) is 13.2 Å². The summed E-state index contributed by atoms with van der Waals surface area (Å²) in [5.74, 6) is -0.653. The maximum absolute atomic E-state index is 12.3. The fourth-order valence-electron chi connectivity index (χ4n) is 2.33. The number of likely N-dealkylation sites (N-methyl/N-ethyl adjacent to an activating group) is 1. The van der Waals surface area contributed by atoms with Crippen molar-refractivity contribution in [1.82, 2.24) is 20.0 Å². The zero-order valence-electron chi connectivity index (χ0n) is 14.1. The van der Waals surface area contributed by atoms with Crippen molar-refractivity contribution in [3.63, 3.8) is 0 Å². The molecule has 0 bridgehead atoms. The number of carbonyl (C=O) groups excluding carboxylic acids is 2. The molecule has 0 atom stereocenters. The lowest BCUT2D eigenvalue weighted by Gasteiger charge is -2.34. The molecular weight excluding hydrogens is 329 g/mol. The van der Waals surface area contributed by atoms with Crippen molar-refractivity contribution in [1.29, 1.82) is 0 Å². The number of amides is 2. The van der Waals surface area contributed by atoms with E-state index in [-0.39, 0.29) is 19.0 Å². The van der Waals surface area contributed by atoms with Crippen LogP contribution in [0.5, 0.6) is 0 Å². The molecule has 0 aromatic heterocycles. The van der Waals surface area contributed by atoms with Crippen LogP contribution < -0.4 is 5.32 Å². The largest absolute Gasteiger partial charge is 0.406 e. The molecule has 7 nitrogen and oxygen atoms in total. The van der Waals surface area contributed by atoms with Crippen LogP contribution in [-0.4, -0.2) is 106 Å². The summed E-state index contributed by atoms with van der Waals surface area (Å²) in [5, 5.41) is 2.72. The van der Waals surface area contributed by atoms with Gasteiger partial charge in [-0.15, -0.1) is 0 Å². The van der Waals surface area contributed by atoms with Crippen molar-refractivity contribution >= 4 is 11.8 Å². The second kappa shape index (κ2) is 9.80. The normalized spacial score (nSPS) is 16.9. The predicted octanol–water partition coefficient (Wildman–Crippen LogP) is -0.613. The molecule has 0 unspecified atom stereocenters. The Bertz CT molecular complexity index is 413. The number of carbonyl (C=O) groups is 2. The standard InChI is InChI=1S/C14H25F3N4O3/c1-19(11-14(15,16)17)13(23)10-21-6-4-20(5-7-21)9-12(22)18-3-8-24-2/h3-11H2,1-2H3,(H,18,22). The first-order valence-electron chi connectivity index (χ1n) is 7.72. The van der Waals surface area contributed by atoms with Gasteiger partial charge in [0.2, 0.25) is 11.8 Å². The Morgan fingerprint density at radius 1 is 1.12 bits per heavy atom. The van der Waals surface area contributed by atoms with Crippen molar-refractivity contribution in [3.8, 4) is 0 Å². The van der Waals surface area contributed by atoms with E-state index in [1.165, 1.54) is 0 Å². The van der Waals surface area contributed by atoms with Gasteiger partial charge >= 0.3 is 6.18 Å². The highest BCUT2D eigenvalue weighted by atomic mass is 19.4. The van der Waals surface area contributed by atoms with Crippen LogP contribution in [0.25, 0.3) is 0 Å². The Balaban J connectivity index is 2.25. The van der Waals surface area contributed by atoms with Crippen LogP contribution in [0, 0.1) is 0 Å². The molecule has 0 spiro atoms. The van der Waals surface area contributed by atoms with Gasteiger partial charge in [0.05, 0.1) is 19.7 Å². The van der Waals surface area contributed by atoms with Gasteiger partial charge in [-0.3, -0.25) is 19.4 Å². The van der Waals surface area contributed by atoms with Crippen molar-refractivity contribution < 1.29 is 27.5 Å². The van der Waals surface area contributed by atoms with E-state index in [9.17, 15) is 22.8 Å². The number of rotatable bonds is 8. The monoisotopic (exact) mass is 354 g/mol. The third-order valence-corrected chi connectivity index (χ3v) is 3.66. The molecule has 2 amide bonds. The zero-order valence-corrected chi connectivity index (χ0v) is 14.1. The van der Waals surface area contributed by atoms with Gasteiger partial charge in [0.25, 0.3) is 0 Å². The first-order valence-corrected chi connectivity index (χ1v) is 7.72. The highest BCUT2D eigenvalue weighted by Gasteiger charge is 2.31. The number of piperazine rings is 1. The highest BCUT2D eigenvalue weighted by Crippen LogP contribution is 2.15. The van der Waals surface area contributed by atoms with Crippen molar-refractivity contribution in [2.24, 2.45) is 0 Å². The van der Waals surface area contributed by atoms with Crippen LogP contribution >= 0.6 is 0 Å². The van der Waals surface area contributed by atoms with Gasteiger partial charge in [0.15, 0.2) is 0 Å². The number of nitrogens with zero attached hydrogens (tertiary/aromatic N) is 3. The Morgan fingerprint density at radius 3 is 2.17 bits per heavy atom. The van der Waals surface area contributed by atoms with Gasteiger partial charge in [-0.25, -0.2) is 0 Å². The van der Waals surface area contributed by atoms with Gasteiger partial charge in [0.1, 0.15) is 6.54 Å². The average Bonchev–Trinajstić information content (AvgIpc) is 2.47. The molecule has 10 heteroatoms. The lowest BCUT2D eigenvalue weighted by molar-refractivity contribution is -0.159. The summed E-state index contributed by atoms with van der Waals surface area (Å²) < 4.78 is 41.6. The number of halogens is 3. The lowest BCUT2D eigenvalue weighted by atomic mass is 10.3. The Morgan fingerprint density at radius 2 is 1.67 bits per heavy atom. The number of ether oxygens (including phenoxy) is 1. The summed E-state index contributed by atoms with van der Waals surface area (Å²) in [5.41, 5.74) is 0. The van der Waals surface area contributed by atoms with E-state index in [1.807, 2.05) is 4.90 Å². The van der Waals surface area contributed by atoms with Crippen LogP contribution in [0.3, 0.4) is 0 Å². The van der Waals surface area contributed by atoms with E-state index in [4.69, 9.17) is 4.74 Å². The molecule has 1 aliphatic rings. The molecule has 1 heterocycles. The van der Waals surface area contributed by atoms with E-state index in [1.54, 1.807) is 12.0 Å². The first-order chi connectivity index (χ1) is 11.2. The van der Waals surface area contributed by atoms with Crippen LogP contribution in [0.15, 0.2) is 0 Å². The SMILES string of the molecule is COCCNC(=O)CN1CCN(CC(=O)N(C)CC(F)(F)F)CC1. The maximum Gasteiger partial charge on any atom is 0.406 e. The molecule has 1 N–H and O–H groups in total. The number of methoxy groups -OCH3 is 1. The van der Waals surface area contributed by atoms with Crippen LogP contribution in [0.2, 0.25) is 0 Å². The Kier molecular flexibility index (Phi) is 8.43. The third-order valence-electron chi connectivity index (χ3n) is 3.66. The third kappa shape index (κ3) is 8.46. The van der Waals surface area contributed by atoms with Gasteiger partial charge in [-0.2, -0.15) is 13.2 Å². The molecule has 0 aromatic carbocycles. The smallest absolute Gasteiger partial charge is 0.383 e. The molecule has 1 aliphatic heterocycles. The molecule has 1 saturated heterocycles. The molecule has 0 saturated carbocycles. The summed E-state index contributed by atoms with van der Waals surface area (Å²) in [6, 6.07) is 0. The lowest BCUT2D eigenvalue weighted by Crippen LogP contribution is -2.52. The molecule has 1 fully saturated rings. The summed E-state index contributed by atoms with van der Waals surface area (Å²) in [6.07, 6.45) is -4.39. The van der Waals surface area contributed by atoms with Crippen molar-refractivity contribution in [3.05, 3.63) is 0 Å². The van der Waals surface area contributed by atoms with Gasteiger partial charge < -0.3 is 15.0 Å². The number of hydrogen-bond acceptors (Lipinski definition) is 5. The number of alkyl halides is 3. The fraction of sp³-hybridized carbons (Fsp3) is 0.857. The fourth-order valence-corrected chi connectivity index (χ4v) is 2.33. The number of hydrogen-bond donors (Lipinski definition) is 1. The predicted molar refractivity (Wildman–Crippen MR) is 81.5 cm³/mol. The average molecular weight is 354 g/mol. The first kappa shape index (κ1) is 20.7. The number of nitrogens with one attached hydrogen (secondary N) is 1. The van der Waals surface area contributed by atoms with Crippen LogP contribution in [0.1, 0.15) is 0 Å². The summed E-state index contributed by atoms with van der Waals surface area (Å²) in [7, 11) is 2.70. The highest BCUT2D eigenvalue weighted by molar-refractivity contribution is 5.78. The van der Waals surface area contributed by atoms with Gasteiger partial charge in [-0.05, 0) is 0 Å². The molecule has 1 rings (SSSR count). The molecule has 0 radical (unpaired) electrons. The van der Waals surface area contributed by atoms with Gasteiger partial charge in [0, 0.05) is 46.9 Å². The summed E-state index contributed by atoms with van der Waals surface area (Å²) in [4.78, 5) is 27.9. The summed E-state index contributed by atoms with van der Waals surface area (Å²) in [6.45, 7) is 2.14. The van der Waals surface area contributed by atoms with Crippen molar-refractivity contribution in [2.75, 3.05) is 73.1 Å². The Labute approximate surface area is 139 Å². The summed E-state index contributed by atoms with van der Waals surface area (Å²) >= 11 is 0. The quantitative estimate of drug-likeness (QED) is 0.589. The topological polar surface area (TPSA) is 65.1 Å². The van der Waals surface area contributed by atoms with E-state index in [0.29, 0.717) is 44.2 Å². The van der Waals surface area contributed by atoms with Crippen LogP contribution in [-0.2, 0) is 14.3 Å². The van der Waals surface area contributed by atoms with E-state index < -0.39 is 18.6 Å². The molecule has 140 valence electrons. The van der Waals surface area contributed by atoms with Gasteiger partial charge in [-0.1, -0.05) is 0 Å². The minimum absolute atomic E-state index is 0.0412. The zero-order chi connectivity index (χ0) is 18.2. The van der Waals surface area contributed by atoms with E-state index in [2.05, 4.69) is 5.32 Å². The minimum Gasteiger partial charge on any atom is -0.383 e.